The fraction of sp³-hybridized carbons (Fsp3) is 0.833. The lowest BCUT2D eigenvalue weighted by Gasteiger charge is -2.21. The predicted octanol–water partition coefficient (Wildman–Crippen LogP) is -0.188. The van der Waals surface area contributed by atoms with Crippen LogP contribution in [0.3, 0.4) is 0 Å². The third-order valence-electron chi connectivity index (χ3n) is 1.41. The van der Waals surface area contributed by atoms with Crippen molar-refractivity contribution >= 4 is 6.41 Å². The zero-order valence-corrected chi connectivity index (χ0v) is 6.00. The van der Waals surface area contributed by atoms with Crippen molar-refractivity contribution in [2.75, 3.05) is 13.1 Å². The van der Waals surface area contributed by atoms with Gasteiger partial charge in [-0.25, -0.2) is 0 Å². The van der Waals surface area contributed by atoms with Gasteiger partial charge in [-0.3, -0.25) is 4.79 Å². The summed E-state index contributed by atoms with van der Waals surface area (Å²) in [6, 6.07) is 0.174. The molecule has 0 aliphatic rings. The molecule has 0 bridgehead atoms. The van der Waals surface area contributed by atoms with Crippen molar-refractivity contribution in [3.05, 3.63) is 0 Å². The van der Waals surface area contributed by atoms with Gasteiger partial charge in [-0.15, -0.1) is 0 Å². The van der Waals surface area contributed by atoms with Gasteiger partial charge in [-0.05, 0) is 13.8 Å². The third-order valence-corrected chi connectivity index (χ3v) is 1.41. The zero-order chi connectivity index (χ0) is 7.28. The molecular weight excluding hydrogens is 116 g/mol. The number of rotatable bonds is 4. The molecule has 0 aromatic carbocycles. The second kappa shape index (κ2) is 4.32. The van der Waals surface area contributed by atoms with Gasteiger partial charge in [0.25, 0.3) is 0 Å². The van der Waals surface area contributed by atoms with E-state index in [0.29, 0.717) is 6.54 Å². The fourth-order valence-corrected chi connectivity index (χ4v) is 0.625. The van der Waals surface area contributed by atoms with E-state index >= 15 is 0 Å². The summed E-state index contributed by atoms with van der Waals surface area (Å²) in [5, 5.41) is 0. The fourth-order valence-electron chi connectivity index (χ4n) is 0.625. The third kappa shape index (κ3) is 2.46. The number of hydrogen-bond acceptors (Lipinski definition) is 2. The number of carbonyl (C=O) groups is 1. The lowest BCUT2D eigenvalue weighted by atomic mass is 10.3. The zero-order valence-electron chi connectivity index (χ0n) is 6.00. The quantitative estimate of drug-likeness (QED) is 0.536. The highest BCUT2D eigenvalue weighted by Gasteiger charge is 2.04. The van der Waals surface area contributed by atoms with Crippen molar-refractivity contribution in [3.63, 3.8) is 0 Å². The highest BCUT2D eigenvalue weighted by molar-refractivity contribution is 5.47. The Hall–Kier alpha value is -0.570. The maximum Gasteiger partial charge on any atom is 0.209 e. The van der Waals surface area contributed by atoms with Gasteiger partial charge in [0.2, 0.25) is 6.41 Å². The maximum atomic E-state index is 10.2. The Morgan fingerprint density at radius 3 is 2.44 bits per heavy atom. The molecule has 3 heteroatoms. The van der Waals surface area contributed by atoms with E-state index in [4.69, 9.17) is 5.73 Å². The van der Waals surface area contributed by atoms with Gasteiger partial charge in [-0.2, -0.15) is 0 Å². The molecule has 0 saturated heterocycles. The standard InChI is InChI=1S/C6H14N2O/c1-3-8(5-9)6(2)4-7/h5-6H,3-4,7H2,1-2H3/t6-/m0/s1. The molecule has 0 radical (unpaired) electrons. The predicted molar refractivity (Wildman–Crippen MR) is 37.0 cm³/mol. The normalized spacial score (nSPS) is 12.8. The molecule has 1 atom stereocenters. The number of nitrogens with two attached hydrogens (primary N) is 1. The van der Waals surface area contributed by atoms with Crippen LogP contribution >= 0.6 is 0 Å². The first-order valence-corrected chi connectivity index (χ1v) is 3.17. The van der Waals surface area contributed by atoms with E-state index in [1.54, 1.807) is 4.90 Å². The van der Waals surface area contributed by atoms with Crippen LogP contribution in [0.5, 0.6) is 0 Å². The van der Waals surface area contributed by atoms with Crippen molar-refractivity contribution in [1.29, 1.82) is 0 Å². The van der Waals surface area contributed by atoms with E-state index in [0.717, 1.165) is 13.0 Å². The number of amides is 1. The van der Waals surface area contributed by atoms with E-state index in [9.17, 15) is 4.79 Å². The number of hydrogen-bond donors (Lipinski definition) is 1. The van der Waals surface area contributed by atoms with Gasteiger partial charge in [0.15, 0.2) is 0 Å². The first-order valence-electron chi connectivity index (χ1n) is 3.17. The molecule has 1 amide bonds. The van der Waals surface area contributed by atoms with Gasteiger partial charge in [0.05, 0.1) is 0 Å². The molecule has 3 nitrogen and oxygen atoms in total. The summed E-state index contributed by atoms with van der Waals surface area (Å²) in [5.74, 6) is 0. The summed E-state index contributed by atoms with van der Waals surface area (Å²) in [5.41, 5.74) is 5.32. The van der Waals surface area contributed by atoms with Crippen LogP contribution in [0.1, 0.15) is 13.8 Å². The molecule has 0 aliphatic carbocycles. The molecule has 54 valence electrons. The van der Waals surface area contributed by atoms with Crippen molar-refractivity contribution in [2.24, 2.45) is 5.73 Å². The van der Waals surface area contributed by atoms with E-state index in [-0.39, 0.29) is 6.04 Å². The van der Waals surface area contributed by atoms with E-state index in [1.165, 1.54) is 0 Å². The molecule has 2 N–H and O–H groups in total. The summed E-state index contributed by atoms with van der Waals surface area (Å²) in [6.07, 6.45) is 0.831. The number of carbonyl (C=O) groups excluding carboxylic acids is 1. The Kier molecular flexibility index (Phi) is 4.05. The molecule has 0 aromatic heterocycles. The SMILES string of the molecule is CCN(C=O)[C@@H](C)CN. The Bertz CT molecular complexity index is 85.1. The molecule has 9 heavy (non-hydrogen) atoms. The van der Waals surface area contributed by atoms with Crippen LogP contribution in [-0.4, -0.2) is 30.4 Å². The highest BCUT2D eigenvalue weighted by Crippen LogP contribution is 1.90. The van der Waals surface area contributed by atoms with Crippen LogP contribution < -0.4 is 5.73 Å². The molecule has 0 aromatic rings. The molecule has 0 spiro atoms. The molecule has 0 fully saturated rings. The van der Waals surface area contributed by atoms with Crippen LogP contribution in [0.25, 0.3) is 0 Å². The summed E-state index contributed by atoms with van der Waals surface area (Å²) < 4.78 is 0. The van der Waals surface area contributed by atoms with E-state index in [1.807, 2.05) is 13.8 Å². The lowest BCUT2D eigenvalue weighted by Crippen LogP contribution is -2.37. The Labute approximate surface area is 55.8 Å². The molecule has 0 rings (SSSR count). The molecule has 0 saturated carbocycles. The summed E-state index contributed by atoms with van der Waals surface area (Å²) >= 11 is 0. The van der Waals surface area contributed by atoms with Crippen LogP contribution in [0.4, 0.5) is 0 Å². The largest absolute Gasteiger partial charge is 0.342 e. The molecular formula is C6H14N2O. The smallest absolute Gasteiger partial charge is 0.209 e. The van der Waals surface area contributed by atoms with Gasteiger partial charge in [0.1, 0.15) is 0 Å². The van der Waals surface area contributed by atoms with Crippen LogP contribution in [-0.2, 0) is 4.79 Å². The van der Waals surface area contributed by atoms with Gasteiger partial charge >= 0.3 is 0 Å². The van der Waals surface area contributed by atoms with Crippen molar-refractivity contribution < 1.29 is 4.79 Å². The average Bonchev–Trinajstić information content (AvgIpc) is 1.90. The molecule has 0 aliphatic heterocycles. The number of likely N-dealkylation sites (N-methyl/N-ethyl adjacent to an activating group) is 1. The van der Waals surface area contributed by atoms with Crippen LogP contribution in [0.2, 0.25) is 0 Å². The van der Waals surface area contributed by atoms with Gasteiger partial charge in [0, 0.05) is 19.1 Å². The van der Waals surface area contributed by atoms with Gasteiger partial charge < -0.3 is 10.6 Å². The monoisotopic (exact) mass is 130 g/mol. The Morgan fingerprint density at radius 1 is 1.78 bits per heavy atom. The minimum Gasteiger partial charge on any atom is -0.342 e. The maximum absolute atomic E-state index is 10.2. The first kappa shape index (κ1) is 8.43. The highest BCUT2D eigenvalue weighted by atomic mass is 16.1. The van der Waals surface area contributed by atoms with Crippen LogP contribution in [0.15, 0.2) is 0 Å². The minimum absolute atomic E-state index is 0.174. The first-order chi connectivity index (χ1) is 4.26. The van der Waals surface area contributed by atoms with Crippen LogP contribution in [0, 0.1) is 0 Å². The lowest BCUT2D eigenvalue weighted by molar-refractivity contribution is -0.119. The summed E-state index contributed by atoms with van der Waals surface area (Å²) in [4.78, 5) is 11.9. The van der Waals surface area contributed by atoms with Gasteiger partial charge in [-0.1, -0.05) is 0 Å². The van der Waals surface area contributed by atoms with E-state index < -0.39 is 0 Å². The second-order valence-electron chi connectivity index (χ2n) is 2.02. The molecule has 0 heterocycles. The van der Waals surface area contributed by atoms with Crippen molar-refractivity contribution in [3.8, 4) is 0 Å². The summed E-state index contributed by atoms with van der Waals surface area (Å²) in [7, 11) is 0. The van der Waals surface area contributed by atoms with Crippen molar-refractivity contribution in [1.82, 2.24) is 4.90 Å². The summed E-state index contributed by atoms with van der Waals surface area (Å²) in [6.45, 7) is 5.13. The molecule has 0 unspecified atom stereocenters. The Balaban J connectivity index is 3.63. The topological polar surface area (TPSA) is 46.3 Å². The number of nitrogens with zero attached hydrogens (tertiary/aromatic N) is 1. The second-order valence-corrected chi connectivity index (χ2v) is 2.02. The average molecular weight is 130 g/mol. The minimum atomic E-state index is 0.174. The van der Waals surface area contributed by atoms with E-state index in [2.05, 4.69) is 0 Å². The van der Waals surface area contributed by atoms with Crippen molar-refractivity contribution in [2.45, 2.75) is 19.9 Å². The Morgan fingerprint density at radius 2 is 2.33 bits per heavy atom.